The highest BCUT2D eigenvalue weighted by molar-refractivity contribution is 7.92. The Morgan fingerprint density at radius 1 is 0.829 bits per heavy atom. The SMILES string of the molecule is O=C(Nc1ccc(S(=O)(=O)Nc2cc(Cl)cc(Cl)c2)cc1)C1CN(S(=O)(=O)Cc2ccccc2)c2ccccc2O1. The Bertz CT molecular complexity index is 1780. The monoisotopic (exact) mass is 631 g/mol. The second-order valence-electron chi connectivity index (χ2n) is 9.12. The number of hydrogen-bond donors (Lipinski definition) is 2. The minimum atomic E-state index is -3.97. The van der Waals surface area contributed by atoms with Gasteiger partial charge in [-0.2, -0.15) is 0 Å². The number of carbonyl (C=O) groups excluding carboxylic acids is 1. The first-order valence-electron chi connectivity index (χ1n) is 12.2. The van der Waals surface area contributed by atoms with E-state index in [1.165, 1.54) is 46.8 Å². The highest BCUT2D eigenvalue weighted by Crippen LogP contribution is 2.36. The lowest BCUT2D eigenvalue weighted by Gasteiger charge is -2.34. The van der Waals surface area contributed by atoms with Crippen molar-refractivity contribution in [2.24, 2.45) is 0 Å². The molecule has 0 spiro atoms. The number of fused-ring (bicyclic) bond motifs is 1. The third-order valence-corrected chi connectivity index (χ3v) is 9.65. The van der Waals surface area contributed by atoms with Gasteiger partial charge < -0.3 is 10.1 Å². The first-order chi connectivity index (χ1) is 19.5. The van der Waals surface area contributed by atoms with Crippen molar-refractivity contribution in [1.29, 1.82) is 0 Å². The van der Waals surface area contributed by atoms with E-state index in [0.717, 1.165) is 0 Å². The van der Waals surface area contributed by atoms with Gasteiger partial charge in [-0.1, -0.05) is 65.7 Å². The number of carbonyl (C=O) groups is 1. The third kappa shape index (κ3) is 6.76. The van der Waals surface area contributed by atoms with Crippen molar-refractivity contribution < 1.29 is 26.4 Å². The number of hydrogen-bond acceptors (Lipinski definition) is 6. The summed E-state index contributed by atoms with van der Waals surface area (Å²) in [7, 11) is -7.83. The molecule has 4 aromatic carbocycles. The van der Waals surface area contributed by atoms with Crippen LogP contribution in [0, 0.1) is 0 Å². The summed E-state index contributed by atoms with van der Waals surface area (Å²) < 4.78 is 61.9. The molecule has 0 aromatic heterocycles. The fourth-order valence-corrected chi connectivity index (χ4v) is 7.38. The van der Waals surface area contributed by atoms with Crippen LogP contribution in [0.5, 0.6) is 5.75 Å². The average Bonchev–Trinajstić information content (AvgIpc) is 2.92. The summed E-state index contributed by atoms with van der Waals surface area (Å²) in [6, 6.07) is 25.1. The lowest BCUT2D eigenvalue weighted by Crippen LogP contribution is -2.49. The van der Waals surface area contributed by atoms with Crippen LogP contribution in [0.3, 0.4) is 0 Å². The first kappa shape index (κ1) is 28.7. The average molecular weight is 633 g/mol. The number of halogens is 2. The van der Waals surface area contributed by atoms with E-state index < -0.39 is 32.1 Å². The highest BCUT2D eigenvalue weighted by Gasteiger charge is 2.36. The number of rotatable bonds is 8. The number of amides is 1. The van der Waals surface area contributed by atoms with Crippen molar-refractivity contribution in [2.45, 2.75) is 16.8 Å². The highest BCUT2D eigenvalue weighted by atomic mass is 35.5. The van der Waals surface area contributed by atoms with E-state index in [0.29, 0.717) is 16.9 Å². The first-order valence-corrected chi connectivity index (χ1v) is 16.0. The number of anilines is 3. The van der Waals surface area contributed by atoms with Crippen LogP contribution in [0.15, 0.2) is 102 Å². The number of sulfonamides is 2. The van der Waals surface area contributed by atoms with Gasteiger partial charge in [0.1, 0.15) is 5.75 Å². The fraction of sp³-hybridized carbons (Fsp3) is 0.107. The normalized spacial score (nSPS) is 15.0. The van der Waals surface area contributed by atoms with Crippen LogP contribution in [0.1, 0.15) is 5.56 Å². The standard InChI is InChI=1S/C28H23Cl2N3O6S2/c29-20-14-21(30)16-23(15-20)32-41(37,38)24-12-10-22(11-13-24)31-28(34)27-17-33(25-8-4-5-9-26(25)39-27)40(35,36)18-19-6-2-1-3-7-19/h1-16,27,32H,17-18H2,(H,31,34). The zero-order chi connectivity index (χ0) is 29.2. The lowest BCUT2D eigenvalue weighted by molar-refractivity contribution is -0.122. The molecule has 1 amide bonds. The van der Waals surface area contributed by atoms with Crippen molar-refractivity contribution in [3.05, 3.63) is 113 Å². The van der Waals surface area contributed by atoms with Gasteiger partial charge in [-0.25, -0.2) is 16.8 Å². The minimum absolute atomic E-state index is 0.0624. The minimum Gasteiger partial charge on any atom is -0.476 e. The Labute approximate surface area is 247 Å². The number of ether oxygens (including phenoxy) is 1. The van der Waals surface area contributed by atoms with Crippen LogP contribution >= 0.6 is 23.2 Å². The summed E-state index contributed by atoms with van der Waals surface area (Å²) >= 11 is 11.9. The predicted molar refractivity (Wildman–Crippen MR) is 160 cm³/mol. The fourth-order valence-electron chi connectivity index (χ4n) is 4.23. The molecular formula is C28H23Cl2N3O6S2. The molecule has 2 N–H and O–H groups in total. The number of nitrogens with zero attached hydrogens (tertiary/aromatic N) is 1. The van der Waals surface area contributed by atoms with Gasteiger partial charge in [0.15, 0.2) is 6.10 Å². The van der Waals surface area contributed by atoms with Gasteiger partial charge >= 0.3 is 0 Å². The van der Waals surface area contributed by atoms with Crippen molar-refractivity contribution >= 4 is 66.2 Å². The summed E-state index contributed by atoms with van der Waals surface area (Å²) in [6.07, 6.45) is -1.16. The molecule has 41 heavy (non-hydrogen) atoms. The summed E-state index contributed by atoms with van der Waals surface area (Å²) in [4.78, 5) is 13.1. The molecule has 0 radical (unpaired) electrons. The van der Waals surface area contributed by atoms with Crippen molar-refractivity contribution in [1.82, 2.24) is 0 Å². The van der Waals surface area contributed by atoms with Gasteiger partial charge in [-0.15, -0.1) is 0 Å². The van der Waals surface area contributed by atoms with Crippen LogP contribution in [0.2, 0.25) is 10.0 Å². The summed E-state index contributed by atoms with van der Waals surface area (Å²) in [6.45, 7) is -0.239. The predicted octanol–water partition coefficient (Wildman–Crippen LogP) is 5.53. The molecule has 1 heterocycles. The van der Waals surface area contributed by atoms with Crippen LogP contribution in [-0.4, -0.2) is 35.4 Å². The van der Waals surface area contributed by atoms with E-state index in [1.54, 1.807) is 54.6 Å². The number of nitrogens with one attached hydrogen (secondary N) is 2. The molecule has 1 unspecified atom stereocenters. The molecule has 212 valence electrons. The molecule has 0 aliphatic carbocycles. The number of para-hydroxylation sites is 2. The maximum atomic E-state index is 13.4. The van der Waals surface area contributed by atoms with Gasteiger partial charge in [-0.05, 0) is 60.2 Å². The molecule has 0 saturated heterocycles. The van der Waals surface area contributed by atoms with Crippen LogP contribution < -0.4 is 19.1 Å². The zero-order valence-corrected chi connectivity index (χ0v) is 24.3. The van der Waals surface area contributed by atoms with Gasteiger partial charge in [0.25, 0.3) is 15.9 Å². The van der Waals surface area contributed by atoms with E-state index in [1.807, 2.05) is 0 Å². The molecule has 0 saturated carbocycles. The largest absolute Gasteiger partial charge is 0.476 e. The smallest absolute Gasteiger partial charge is 0.267 e. The topological polar surface area (TPSA) is 122 Å². The third-order valence-electron chi connectivity index (χ3n) is 6.10. The summed E-state index contributed by atoms with van der Waals surface area (Å²) in [5.74, 6) is -0.590. The van der Waals surface area contributed by atoms with Crippen LogP contribution in [-0.2, 0) is 30.6 Å². The zero-order valence-electron chi connectivity index (χ0n) is 21.2. The van der Waals surface area contributed by atoms with Crippen molar-refractivity contribution in [3.8, 4) is 5.75 Å². The second kappa shape index (κ2) is 11.6. The lowest BCUT2D eigenvalue weighted by atomic mass is 10.2. The van der Waals surface area contributed by atoms with E-state index in [-0.39, 0.29) is 38.7 Å². The number of benzene rings is 4. The van der Waals surface area contributed by atoms with Gasteiger partial charge in [-0.3, -0.25) is 13.8 Å². The molecule has 0 fully saturated rings. The molecule has 1 atom stereocenters. The van der Waals surface area contributed by atoms with E-state index in [9.17, 15) is 21.6 Å². The maximum absolute atomic E-state index is 13.4. The Balaban J connectivity index is 1.31. The van der Waals surface area contributed by atoms with Crippen molar-refractivity contribution in [3.63, 3.8) is 0 Å². The maximum Gasteiger partial charge on any atom is 0.267 e. The Morgan fingerprint density at radius 2 is 1.46 bits per heavy atom. The Kier molecular flexibility index (Phi) is 8.14. The van der Waals surface area contributed by atoms with E-state index in [4.69, 9.17) is 27.9 Å². The molecule has 1 aliphatic rings. The Hall–Kier alpha value is -3.77. The summed E-state index contributed by atoms with van der Waals surface area (Å²) in [5.41, 5.74) is 1.44. The molecule has 13 heteroatoms. The molecule has 0 bridgehead atoms. The van der Waals surface area contributed by atoms with Crippen LogP contribution in [0.25, 0.3) is 0 Å². The van der Waals surface area contributed by atoms with Gasteiger partial charge in [0.2, 0.25) is 10.0 Å². The van der Waals surface area contributed by atoms with E-state index >= 15 is 0 Å². The molecule has 4 aromatic rings. The van der Waals surface area contributed by atoms with Crippen LogP contribution in [0.4, 0.5) is 17.1 Å². The Morgan fingerprint density at radius 3 is 2.15 bits per heavy atom. The van der Waals surface area contributed by atoms with Gasteiger partial charge in [0, 0.05) is 15.7 Å². The molecule has 1 aliphatic heterocycles. The van der Waals surface area contributed by atoms with Crippen molar-refractivity contribution in [2.75, 3.05) is 20.9 Å². The molecule has 5 rings (SSSR count). The second-order valence-corrected chi connectivity index (χ2v) is 13.6. The molecular weight excluding hydrogens is 609 g/mol. The quantitative estimate of drug-likeness (QED) is 0.264. The molecule has 9 nitrogen and oxygen atoms in total. The van der Waals surface area contributed by atoms with Gasteiger partial charge in [0.05, 0.1) is 28.6 Å². The van der Waals surface area contributed by atoms with E-state index in [2.05, 4.69) is 10.0 Å². The summed E-state index contributed by atoms with van der Waals surface area (Å²) in [5, 5.41) is 3.21.